The number of amides is 1. The zero-order valence-electron chi connectivity index (χ0n) is 11.7. The summed E-state index contributed by atoms with van der Waals surface area (Å²) in [6.45, 7) is 4.08. The van der Waals surface area contributed by atoms with Crippen molar-refractivity contribution in [1.29, 1.82) is 0 Å². The Kier molecular flexibility index (Phi) is 3.87. The second-order valence-electron chi connectivity index (χ2n) is 5.71. The fourth-order valence-corrected chi connectivity index (χ4v) is 3.27. The Labute approximate surface area is 118 Å². The highest BCUT2D eigenvalue weighted by atomic mass is 16.2. The van der Waals surface area contributed by atoms with Crippen molar-refractivity contribution in [2.75, 3.05) is 26.2 Å². The van der Waals surface area contributed by atoms with Gasteiger partial charge in [0, 0.05) is 31.4 Å². The molecule has 2 saturated heterocycles. The van der Waals surface area contributed by atoms with Crippen LogP contribution in [0.1, 0.15) is 36.0 Å². The zero-order chi connectivity index (χ0) is 13.9. The Balaban J connectivity index is 1.58. The third-order valence-electron chi connectivity index (χ3n) is 4.44. The van der Waals surface area contributed by atoms with Gasteiger partial charge in [-0.2, -0.15) is 0 Å². The van der Waals surface area contributed by atoms with E-state index in [1.165, 1.54) is 38.2 Å². The van der Waals surface area contributed by atoms with Crippen LogP contribution in [0.4, 0.5) is 0 Å². The number of nitrogens with one attached hydrogen (secondary N) is 1. The Morgan fingerprint density at radius 1 is 1.10 bits per heavy atom. The minimum atomic E-state index is -0.172. The summed E-state index contributed by atoms with van der Waals surface area (Å²) in [5.41, 5.74) is 0.401. The summed E-state index contributed by atoms with van der Waals surface area (Å²) in [4.78, 5) is 30.4. The lowest BCUT2D eigenvalue weighted by molar-refractivity contribution is 0.0644. The highest BCUT2D eigenvalue weighted by Crippen LogP contribution is 2.21. The average molecular weight is 275 g/mol. The minimum Gasteiger partial charge on any atom is -0.338 e. The van der Waals surface area contributed by atoms with Crippen molar-refractivity contribution in [3.63, 3.8) is 0 Å². The number of carbonyl (C=O) groups is 1. The smallest absolute Gasteiger partial charge is 0.255 e. The highest BCUT2D eigenvalue weighted by molar-refractivity contribution is 5.93. The van der Waals surface area contributed by atoms with Crippen LogP contribution in [0.15, 0.2) is 23.1 Å². The van der Waals surface area contributed by atoms with Crippen molar-refractivity contribution < 1.29 is 4.79 Å². The summed E-state index contributed by atoms with van der Waals surface area (Å²) >= 11 is 0. The number of rotatable bonds is 2. The van der Waals surface area contributed by atoms with E-state index in [4.69, 9.17) is 0 Å². The van der Waals surface area contributed by atoms with E-state index in [0.29, 0.717) is 11.6 Å². The van der Waals surface area contributed by atoms with Gasteiger partial charge in [-0.3, -0.25) is 9.59 Å². The highest BCUT2D eigenvalue weighted by Gasteiger charge is 2.28. The van der Waals surface area contributed by atoms with E-state index in [1.54, 1.807) is 6.07 Å². The number of aromatic nitrogens is 1. The first-order chi connectivity index (χ1) is 9.74. The molecule has 0 spiro atoms. The molecule has 0 atom stereocenters. The first kappa shape index (κ1) is 13.4. The van der Waals surface area contributed by atoms with Gasteiger partial charge in [0.15, 0.2) is 0 Å². The van der Waals surface area contributed by atoms with Crippen molar-refractivity contribution >= 4 is 5.91 Å². The molecule has 1 amide bonds. The summed E-state index contributed by atoms with van der Waals surface area (Å²) in [7, 11) is 0. The fraction of sp³-hybridized carbons (Fsp3) is 0.600. The van der Waals surface area contributed by atoms with E-state index in [1.807, 2.05) is 4.90 Å². The molecule has 3 rings (SSSR count). The van der Waals surface area contributed by atoms with E-state index in [-0.39, 0.29) is 11.5 Å². The van der Waals surface area contributed by atoms with Crippen LogP contribution < -0.4 is 5.56 Å². The monoisotopic (exact) mass is 275 g/mol. The van der Waals surface area contributed by atoms with Gasteiger partial charge in [0.1, 0.15) is 0 Å². The second-order valence-corrected chi connectivity index (χ2v) is 5.71. The van der Waals surface area contributed by atoms with E-state index in [0.717, 1.165) is 25.9 Å². The molecule has 3 heterocycles. The molecular formula is C15H21N3O2. The zero-order valence-corrected chi connectivity index (χ0v) is 11.7. The van der Waals surface area contributed by atoms with Gasteiger partial charge in [-0.05, 0) is 44.8 Å². The first-order valence-corrected chi connectivity index (χ1v) is 7.46. The minimum absolute atomic E-state index is 0.0288. The summed E-state index contributed by atoms with van der Waals surface area (Å²) < 4.78 is 0. The van der Waals surface area contributed by atoms with Crippen LogP contribution in [0.5, 0.6) is 0 Å². The number of piperidine rings is 1. The maximum atomic E-state index is 12.3. The van der Waals surface area contributed by atoms with E-state index in [2.05, 4.69) is 9.88 Å². The number of pyridine rings is 1. The van der Waals surface area contributed by atoms with Crippen LogP contribution in [0.25, 0.3) is 0 Å². The lowest BCUT2D eigenvalue weighted by Gasteiger charge is -2.36. The third-order valence-corrected chi connectivity index (χ3v) is 4.44. The number of carbonyl (C=O) groups excluding carboxylic acids is 1. The van der Waals surface area contributed by atoms with Crippen LogP contribution in [-0.4, -0.2) is 52.9 Å². The van der Waals surface area contributed by atoms with E-state index < -0.39 is 0 Å². The molecule has 0 aliphatic carbocycles. The average Bonchev–Trinajstić information content (AvgIpc) is 3.02. The van der Waals surface area contributed by atoms with Gasteiger partial charge in [-0.1, -0.05) is 0 Å². The van der Waals surface area contributed by atoms with Crippen LogP contribution in [0.2, 0.25) is 0 Å². The van der Waals surface area contributed by atoms with Gasteiger partial charge in [0.05, 0.1) is 5.56 Å². The Morgan fingerprint density at radius 3 is 2.40 bits per heavy atom. The summed E-state index contributed by atoms with van der Waals surface area (Å²) in [5, 5.41) is 0. The molecule has 0 radical (unpaired) electrons. The van der Waals surface area contributed by atoms with Gasteiger partial charge in [0.2, 0.25) is 5.56 Å². The summed E-state index contributed by atoms with van der Waals surface area (Å²) in [6, 6.07) is 3.66. The molecule has 2 fully saturated rings. The second kappa shape index (κ2) is 5.79. The molecule has 5 heteroatoms. The number of H-pyrrole nitrogens is 1. The predicted molar refractivity (Wildman–Crippen MR) is 76.8 cm³/mol. The first-order valence-electron chi connectivity index (χ1n) is 7.46. The van der Waals surface area contributed by atoms with Crippen LogP contribution in [-0.2, 0) is 0 Å². The number of likely N-dealkylation sites (tertiary alicyclic amines) is 2. The fourth-order valence-electron chi connectivity index (χ4n) is 3.27. The third kappa shape index (κ3) is 2.77. The summed E-state index contributed by atoms with van der Waals surface area (Å²) in [5.74, 6) is 0.0288. The molecule has 0 saturated carbocycles. The SMILES string of the molecule is O=C(c1ccc(=O)[nH]c1)N1CCC(N2CCCC2)CC1. The lowest BCUT2D eigenvalue weighted by Crippen LogP contribution is -2.46. The Morgan fingerprint density at radius 2 is 1.80 bits per heavy atom. The topological polar surface area (TPSA) is 56.4 Å². The standard InChI is InChI=1S/C15H21N3O2/c19-14-4-3-12(11-16-14)15(20)18-9-5-13(6-10-18)17-7-1-2-8-17/h3-4,11,13H,1-2,5-10H2,(H,16,19). The van der Waals surface area contributed by atoms with Crippen molar-refractivity contribution in [3.8, 4) is 0 Å². The van der Waals surface area contributed by atoms with E-state index >= 15 is 0 Å². The number of hydrogen-bond donors (Lipinski definition) is 1. The quantitative estimate of drug-likeness (QED) is 0.878. The molecular weight excluding hydrogens is 254 g/mol. The molecule has 1 aromatic heterocycles. The molecule has 0 aromatic carbocycles. The Bertz CT molecular complexity index is 506. The van der Waals surface area contributed by atoms with Crippen molar-refractivity contribution in [3.05, 3.63) is 34.2 Å². The number of aromatic amines is 1. The van der Waals surface area contributed by atoms with Gasteiger partial charge >= 0.3 is 0 Å². The largest absolute Gasteiger partial charge is 0.338 e. The van der Waals surface area contributed by atoms with Crippen LogP contribution in [0.3, 0.4) is 0 Å². The molecule has 2 aliphatic heterocycles. The van der Waals surface area contributed by atoms with Crippen molar-refractivity contribution in [2.45, 2.75) is 31.7 Å². The maximum absolute atomic E-state index is 12.3. The molecule has 0 unspecified atom stereocenters. The van der Waals surface area contributed by atoms with Crippen LogP contribution in [0, 0.1) is 0 Å². The Hall–Kier alpha value is -1.62. The number of nitrogens with zero attached hydrogens (tertiary/aromatic N) is 2. The molecule has 0 bridgehead atoms. The van der Waals surface area contributed by atoms with Crippen molar-refractivity contribution in [2.24, 2.45) is 0 Å². The molecule has 5 nitrogen and oxygen atoms in total. The molecule has 1 aromatic rings. The normalized spacial score (nSPS) is 21.3. The van der Waals surface area contributed by atoms with Gasteiger partial charge < -0.3 is 14.8 Å². The maximum Gasteiger partial charge on any atom is 0.255 e. The molecule has 2 aliphatic rings. The van der Waals surface area contributed by atoms with Gasteiger partial charge in [-0.15, -0.1) is 0 Å². The van der Waals surface area contributed by atoms with Gasteiger partial charge in [0.25, 0.3) is 5.91 Å². The van der Waals surface area contributed by atoms with E-state index in [9.17, 15) is 9.59 Å². The molecule has 1 N–H and O–H groups in total. The van der Waals surface area contributed by atoms with Crippen LogP contribution >= 0.6 is 0 Å². The molecule has 108 valence electrons. The lowest BCUT2D eigenvalue weighted by atomic mass is 10.0. The number of hydrogen-bond acceptors (Lipinski definition) is 3. The van der Waals surface area contributed by atoms with Crippen molar-refractivity contribution in [1.82, 2.24) is 14.8 Å². The molecule has 20 heavy (non-hydrogen) atoms. The van der Waals surface area contributed by atoms with Gasteiger partial charge in [-0.25, -0.2) is 0 Å². The predicted octanol–water partition coefficient (Wildman–Crippen LogP) is 1.08. The summed E-state index contributed by atoms with van der Waals surface area (Å²) in [6.07, 6.45) is 6.27.